The fourth-order valence-corrected chi connectivity index (χ4v) is 4.46. The Kier molecular flexibility index (Phi) is 5.12. The van der Waals surface area contributed by atoms with Crippen LogP contribution >= 0.6 is 11.6 Å². The highest BCUT2D eigenvalue weighted by atomic mass is 35.5. The van der Waals surface area contributed by atoms with Crippen LogP contribution < -0.4 is 15.5 Å². The van der Waals surface area contributed by atoms with E-state index in [0.717, 1.165) is 17.7 Å². The molecule has 1 aliphatic heterocycles. The van der Waals surface area contributed by atoms with Crippen LogP contribution in [0.25, 0.3) is 0 Å². The van der Waals surface area contributed by atoms with Crippen LogP contribution in [0.4, 0.5) is 22.5 Å². The number of nitrogens with zero attached hydrogens (tertiary/aromatic N) is 6. The Hall–Kier alpha value is -3.40. The molecule has 3 aromatic rings. The zero-order valence-electron chi connectivity index (χ0n) is 18.9. The molecule has 1 aliphatic carbocycles. The van der Waals surface area contributed by atoms with E-state index in [4.69, 9.17) is 11.6 Å². The van der Waals surface area contributed by atoms with Crippen molar-refractivity contribution >= 4 is 35.3 Å². The molecule has 1 saturated carbocycles. The number of benzene rings is 1. The number of rotatable bonds is 5. The van der Waals surface area contributed by atoms with E-state index in [0.29, 0.717) is 24.2 Å². The Morgan fingerprint density at radius 2 is 1.97 bits per heavy atom. The number of aromatic amines is 1. The maximum absolute atomic E-state index is 13.2. The molecule has 10 nitrogen and oxygen atoms in total. The van der Waals surface area contributed by atoms with Gasteiger partial charge in [0.15, 0.2) is 5.82 Å². The number of hydrogen-bond acceptors (Lipinski definition) is 7. The molecular weight excluding hydrogens is 442 g/mol. The SMILES string of the molecule is CN(C)c1nc(Cl)nc(Nc2n[nH]c3c2CN(C(=O)N[C@H]2C[C@@H]2c2ccccc2)C3(C)C)n1. The third-order valence-electron chi connectivity index (χ3n) is 6.27. The van der Waals surface area contributed by atoms with Gasteiger partial charge in [-0.2, -0.15) is 20.1 Å². The maximum Gasteiger partial charge on any atom is 0.318 e. The summed E-state index contributed by atoms with van der Waals surface area (Å²) in [5.74, 6) is 1.66. The van der Waals surface area contributed by atoms with Crippen molar-refractivity contribution in [1.29, 1.82) is 0 Å². The molecule has 2 atom stereocenters. The van der Waals surface area contributed by atoms with Gasteiger partial charge in [0.25, 0.3) is 0 Å². The van der Waals surface area contributed by atoms with Gasteiger partial charge in [-0.3, -0.25) is 5.10 Å². The number of carbonyl (C=O) groups is 1. The minimum atomic E-state index is -0.547. The average molecular weight is 468 g/mol. The zero-order chi connectivity index (χ0) is 23.3. The predicted molar refractivity (Wildman–Crippen MR) is 126 cm³/mol. The van der Waals surface area contributed by atoms with Crippen molar-refractivity contribution in [3.8, 4) is 0 Å². The Morgan fingerprint density at radius 1 is 1.21 bits per heavy atom. The van der Waals surface area contributed by atoms with Gasteiger partial charge < -0.3 is 20.4 Å². The van der Waals surface area contributed by atoms with Crippen LogP contribution in [0.2, 0.25) is 5.28 Å². The summed E-state index contributed by atoms with van der Waals surface area (Å²) in [5.41, 5.74) is 2.49. The summed E-state index contributed by atoms with van der Waals surface area (Å²) in [6.45, 7) is 4.42. The number of anilines is 3. The van der Waals surface area contributed by atoms with Crippen molar-refractivity contribution in [3.63, 3.8) is 0 Å². The van der Waals surface area contributed by atoms with Gasteiger partial charge >= 0.3 is 6.03 Å². The van der Waals surface area contributed by atoms with E-state index in [9.17, 15) is 4.79 Å². The maximum atomic E-state index is 13.2. The summed E-state index contributed by atoms with van der Waals surface area (Å²) in [5, 5.41) is 13.9. The van der Waals surface area contributed by atoms with Gasteiger partial charge in [-0.05, 0) is 37.4 Å². The molecule has 0 radical (unpaired) electrons. The molecular formula is C22H26ClN9O. The molecule has 3 heterocycles. The van der Waals surface area contributed by atoms with Crippen LogP contribution in [-0.2, 0) is 12.1 Å². The number of hydrogen-bond donors (Lipinski definition) is 3. The summed E-state index contributed by atoms with van der Waals surface area (Å²) < 4.78 is 0. The van der Waals surface area contributed by atoms with Crippen molar-refractivity contribution in [2.24, 2.45) is 0 Å². The van der Waals surface area contributed by atoms with Gasteiger partial charge in [-0.25, -0.2) is 4.79 Å². The number of urea groups is 1. The molecule has 33 heavy (non-hydrogen) atoms. The van der Waals surface area contributed by atoms with E-state index in [1.165, 1.54) is 5.56 Å². The standard InChI is InChI=1S/C22H26ClN9O/c1-22(2)16-14(17(30-29-16)25-19-26-18(23)27-20(28-19)31(3)4)11-32(22)21(33)24-15-10-13(15)12-8-6-5-7-9-12/h5-9,13,15H,10-11H2,1-4H3,(H,24,33)(H2,25,26,27,28,29,30)/t13-,15+/m1/s1. The van der Waals surface area contributed by atoms with Crippen molar-refractivity contribution in [3.05, 3.63) is 52.4 Å². The summed E-state index contributed by atoms with van der Waals surface area (Å²) in [6.07, 6.45) is 0.956. The molecule has 2 amide bonds. The fourth-order valence-electron chi connectivity index (χ4n) is 4.31. The lowest BCUT2D eigenvalue weighted by Crippen LogP contribution is -2.47. The number of amides is 2. The van der Waals surface area contributed by atoms with Crippen LogP contribution in [0.1, 0.15) is 43.0 Å². The van der Waals surface area contributed by atoms with Gasteiger partial charge in [0.2, 0.25) is 17.2 Å². The zero-order valence-corrected chi connectivity index (χ0v) is 19.7. The topological polar surface area (TPSA) is 115 Å². The highest BCUT2D eigenvalue weighted by Crippen LogP contribution is 2.43. The minimum Gasteiger partial charge on any atom is -0.347 e. The Bertz CT molecular complexity index is 1190. The van der Waals surface area contributed by atoms with Crippen molar-refractivity contribution in [1.82, 2.24) is 35.4 Å². The lowest BCUT2D eigenvalue weighted by atomic mass is 10.0. The number of nitrogens with one attached hydrogen (secondary N) is 3. The quantitative estimate of drug-likeness (QED) is 0.526. The Balaban J connectivity index is 1.31. The first-order valence-electron chi connectivity index (χ1n) is 10.8. The molecule has 11 heteroatoms. The van der Waals surface area contributed by atoms with Gasteiger partial charge in [-0.15, -0.1) is 0 Å². The highest BCUT2D eigenvalue weighted by Gasteiger charge is 2.46. The van der Waals surface area contributed by atoms with Gasteiger partial charge in [0, 0.05) is 31.6 Å². The molecule has 0 spiro atoms. The molecule has 3 N–H and O–H groups in total. The van der Waals surface area contributed by atoms with Gasteiger partial charge in [-0.1, -0.05) is 30.3 Å². The monoisotopic (exact) mass is 467 g/mol. The van der Waals surface area contributed by atoms with Gasteiger partial charge in [0.1, 0.15) is 0 Å². The van der Waals surface area contributed by atoms with Gasteiger partial charge in [0.05, 0.1) is 17.8 Å². The largest absolute Gasteiger partial charge is 0.347 e. The van der Waals surface area contributed by atoms with Crippen LogP contribution in [0.5, 0.6) is 0 Å². The smallest absolute Gasteiger partial charge is 0.318 e. The molecule has 2 aliphatic rings. The highest BCUT2D eigenvalue weighted by molar-refractivity contribution is 6.28. The Morgan fingerprint density at radius 3 is 2.70 bits per heavy atom. The lowest BCUT2D eigenvalue weighted by Gasteiger charge is -2.32. The number of carbonyl (C=O) groups excluding carboxylic acids is 1. The number of H-pyrrole nitrogens is 1. The third kappa shape index (κ3) is 3.95. The van der Waals surface area contributed by atoms with E-state index >= 15 is 0 Å². The molecule has 1 aromatic carbocycles. The van der Waals surface area contributed by atoms with Crippen molar-refractivity contribution < 1.29 is 4.79 Å². The van der Waals surface area contributed by atoms with E-state index < -0.39 is 5.54 Å². The summed E-state index contributed by atoms with van der Waals surface area (Å²) in [6, 6.07) is 10.4. The molecule has 5 rings (SSSR count). The molecule has 0 saturated heterocycles. The minimum absolute atomic E-state index is 0.0853. The first kappa shape index (κ1) is 21.4. The molecule has 172 valence electrons. The van der Waals surface area contributed by atoms with Crippen LogP contribution in [0, 0.1) is 0 Å². The normalized spacial score (nSPS) is 20.3. The predicted octanol–water partition coefficient (Wildman–Crippen LogP) is 3.37. The van der Waals surface area contributed by atoms with Crippen LogP contribution in [-0.4, -0.2) is 56.2 Å². The molecule has 2 aromatic heterocycles. The van der Waals surface area contributed by atoms with E-state index in [1.807, 2.05) is 51.0 Å². The number of aromatic nitrogens is 5. The van der Waals surface area contributed by atoms with E-state index in [1.54, 1.807) is 4.90 Å². The third-order valence-corrected chi connectivity index (χ3v) is 6.44. The second-order valence-corrected chi connectivity index (χ2v) is 9.47. The van der Waals surface area contributed by atoms with Crippen LogP contribution in [0.15, 0.2) is 30.3 Å². The second-order valence-electron chi connectivity index (χ2n) is 9.13. The summed E-state index contributed by atoms with van der Waals surface area (Å²) >= 11 is 6.05. The summed E-state index contributed by atoms with van der Waals surface area (Å²) in [7, 11) is 3.64. The van der Waals surface area contributed by atoms with Crippen LogP contribution in [0.3, 0.4) is 0 Å². The first-order chi connectivity index (χ1) is 15.7. The second kappa shape index (κ2) is 7.87. The average Bonchev–Trinajstić information content (AvgIpc) is 3.32. The first-order valence-corrected chi connectivity index (χ1v) is 11.2. The van der Waals surface area contributed by atoms with E-state index in [-0.39, 0.29) is 23.3 Å². The molecule has 1 fully saturated rings. The summed E-state index contributed by atoms with van der Waals surface area (Å²) in [4.78, 5) is 29.4. The molecule has 0 bridgehead atoms. The lowest BCUT2D eigenvalue weighted by molar-refractivity contribution is 0.142. The Labute approximate surface area is 196 Å². The molecule has 0 unspecified atom stereocenters. The van der Waals surface area contributed by atoms with Crippen molar-refractivity contribution in [2.45, 2.75) is 44.3 Å². The number of halogens is 1. The fraction of sp³-hybridized carbons (Fsp3) is 0.409. The number of fused-ring (bicyclic) bond motifs is 1. The van der Waals surface area contributed by atoms with Crippen molar-refractivity contribution in [2.75, 3.05) is 24.3 Å². The van der Waals surface area contributed by atoms with E-state index in [2.05, 4.69) is 47.9 Å².